The van der Waals surface area contributed by atoms with Gasteiger partial charge in [-0.2, -0.15) is 0 Å². The zero-order chi connectivity index (χ0) is 42.5. The third kappa shape index (κ3) is 6.27. The SMILES string of the molecule is c1ccc(-c2ccc(-c3cc(-c4ccccc4)nc(-c4ccc(-c5cccc6c5-c5ccccc5C6(c5ccccc5)c5ccc6nc(-c7ccccc7)oc6c5)cc4)n3)cc2)cc1. The summed E-state index contributed by atoms with van der Waals surface area (Å²) in [5.41, 5.74) is 18.6. The molecule has 0 amide bonds. The summed E-state index contributed by atoms with van der Waals surface area (Å²) >= 11 is 0. The molecule has 300 valence electrons. The zero-order valence-corrected chi connectivity index (χ0v) is 34.8. The molecule has 11 aromatic rings. The van der Waals surface area contributed by atoms with Crippen molar-refractivity contribution in [1.82, 2.24) is 15.0 Å². The van der Waals surface area contributed by atoms with Gasteiger partial charge in [0.2, 0.25) is 5.89 Å². The summed E-state index contributed by atoms with van der Waals surface area (Å²) in [6.45, 7) is 0. The van der Waals surface area contributed by atoms with Gasteiger partial charge in [0.1, 0.15) is 5.52 Å². The lowest BCUT2D eigenvalue weighted by atomic mass is 9.67. The van der Waals surface area contributed by atoms with Crippen LogP contribution in [0.5, 0.6) is 0 Å². The molecule has 9 aromatic carbocycles. The van der Waals surface area contributed by atoms with E-state index in [9.17, 15) is 0 Å². The number of hydrogen-bond acceptors (Lipinski definition) is 4. The van der Waals surface area contributed by atoms with Gasteiger partial charge in [0.05, 0.1) is 16.8 Å². The van der Waals surface area contributed by atoms with E-state index in [-0.39, 0.29) is 0 Å². The molecule has 1 aliphatic rings. The highest BCUT2D eigenvalue weighted by Gasteiger charge is 2.47. The fourth-order valence-corrected chi connectivity index (χ4v) is 9.65. The van der Waals surface area contributed by atoms with Gasteiger partial charge >= 0.3 is 0 Å². The first-order chi connectivity index (χ1) is 31.7. The van der Waals surface area contributed by atoms with E-state index < -0.39 is 5.41 Å². The number of rotatable bonds is 8. The Morgan fingerprint density at radius 3 is 1.55 bits per heavy atom. The summed E-state index contributed by atoms with van der Waals surface area (Å²) in [5, 5.41) is 0. The Labute approximate surface area is 371 Å². The van der Waals surface area contributed by atoms with Crippen LogP contribution < -0.4 is 0 Å². The van der Waals surface area contributed by atoms with Crippen molar-refractivity contribution < 1.29 is 4.42 Å². The summed E-state index contributed by atoms with van der Waals surface area (Å²) in [7, 11) is 0. The van der Waals surface area contributed by atoms with Gasteiger partial charge in [0.15, 0.2) is 11.4 Å². The molecule has 1 atom stereocenters. The van der Waals surface area contributed by atoms with Crippen molar-refractivity contribution in [1.29, 1.82) is 0 Å². The molecule has 0 aliphatic heterocycles. The molecule has 1 unspecified atom stereocenters. The molecule has 64 heavy (non-hydrogen) atoms. The minimum atomic E-state index is -0.613. The molecule has 0 spiro atoms. The minimum absolute atomic E-state index is 0.613. The molecule has 0 saturated heterocycles. The van der Waals surface area contributed by atoms with Gasteiger partial charge in [-0.1, -0.05) is 206 Å². The van der Waals surface area contributed by atoms with Gasteiger partial charge in [-0.3, -0.25) is 0 Å². The smallest absolute Gasteiger partial charge is 0.227 e. The van der Waals surface area contributed by atoms with Crippen LogP contribution in [0.15, 0.2) is 241 Å². The molecule has 0 saturated carbocycles. The van der Waals surface area contributed by atoms with Crippen LogP contribution in [0.3, 0.4) is 0 Å². The summed E-state index contributed by atoms with van der Waals surface area (Å²) in [6, 6.07) is 83.4. The maximum Gasteiger partial charge on any atom is 0.227 e. The van der Waals surface area contributed by atoms with Gasteiger partial charge in [-0.05, 0) is 86.0 Å². The van der Waals surface area contributed by atoms with Crippen LogP contribution in [-0.2, 0) is 5.41 Å². The van der Waals surface area contributed by atoms with E-state index in [1.165, 1.54) is 44.5 Å². The van der Waals surface area contributed by atoms with Crippen molar-refractivity contribution in [2.75, 3.05) is 0 Å². The van der Waals surface area contributed by atoms with Crippen LogP contribution in [0, 0.1) is 0 Å². The van der Waals surface area contributed by atoms with Crippen LogP contribution in [0.25, 0.3) is 89.8 Å². The lowest BCUT2D eigenvalue weighted by Gasteiger charge is -2.33. The Kier molecular flexibility index (Phi) is 9.01. The number of fused-ring (bicyclic) bond motifs is 4. The van der Waals surface area contributed by atoms with E-state index in [0.717, 1.165) is 55.9 Å². The quantitative estimate of drug-likeness (QED) is 0.153. The molecule has 1 aliphatic carbocycles. The van der Waals surface area contributed by atoms with Crippen LogP contribution in [0.1, 0.15) is 22.3 Å². The second-order valence-electron chi connectivity index (χ2n) is 16.3. The fourth-order valence-electron chi connectivity index (χ4n) is 9.65. The standard InChI is InChI=1S/C60H39N3O/c1-5-16-40(17-6-1)41-28-32-44(33-29-41)55-39-54(43-18-7-2-8-19-43)61-58(62-55)45-34-30-42(31-35-45)49-25-15-27-52-57(49)50-24-13-14-26-51(50)60(52,47-22-11-4-12-23-47)48-36-37-53-56(38-48)64-59(63-53)46-20-9-3-10-21-46/h1-39H. The lowest BCUT2D eigenvalue weighted by molar-refractivity contribution is 0.618. The highest BCUT2D eigenvalue weighted by atomic mass is 16.3. The molecular weight excluding hydrogens is 779 g/mol. The number of aromatic nitrogens is 3. The molecule has 0 bridgehead atoms. The van der Waals surface area contributed by atoms with Gasteiger partial charge in [0, 0.05) is 22.3 Å². The highest BCUT2D eigenvalue weighted by Crippen LogP contribution is 2.58. The first-order valence-corrected chi connectivity index (χ1v) is 21.7. The van der Waals surface area contributed by atoms with E-state index in [0.29, 0.717) is 11.7 Å². The Morgan fingerprint density at radius 2 is 0.844 bits per heavy atom. The van der Waals surface area contributed by atoms with Crippen LogP contribution >= 0.6 is 0 Å². The van der Waals surface area contributed by atoms with Crippen LogP contribution in [0.2, 0.25) is 0 Å². The first-order valence-electron chi connectivity index (χ1n) is 21.7. The Balaban J connectivity index is 0.976. The van der Waals surface area contributed by atoms with Crippen LogP contribution in [0.4, 0.5) is 0 Å². The van der Waals surface area contributed by atoms with E-state index >= 15 is 0 Å². The number of nitrogens with zero attached hydrogens (tertiary/aromatic N) is 3. The second kappa shape index (κ2) is 15.5. The van der Waals surface area contributed by atoms with E-state index in [4.69, 9.17) is 19.4 Å². The largest absolute Gasteiger partial charge is 0.436 e. The summed E-state index contributed by atoms with van der Waals surface area (Å²) < 4.78 is 6.52. The van der Waals surface area contributed by atoms with Crippen molar-refractivity contribution >= 4 is 11.1 Å². The summed E-state index contributed by atoms with van der Waals surface area (Å²) in [4.78, 5) is 15.2. The van der Waals surface area contributed by atoms with Gasteiger partial charge in [-0.15, -0.1) is 0 Å². The molecule has 0 fully saturated rings. The molecule has 0 radical (unpaired) electrons. The summed E-state index contributed by atoms with van der Waals surface area (Å²) in [6.07, 6.45) is 0. The van der Waals surface area contributed by atoms with E-state index in [1.54, 1.807) is 0 Å². The molecule has 4 nitrogen and oxygen atoms in total. The Hall–Kier alpha value is -8.47. The van der Waals surface area contributed by atoms with Crippen molar-refractivity contribution in [3.8, 4) is 78.7 Å². The monoisotopic (exact) mass is 817 g/mol. The van der Waals surface area contributed by atoms with E-state index in [2.05, 4.69) is 194 Å². The predicted octanol–water partition coefficient (Wildman–Crippen LogP) is 15.0. The van der Waals surface area contributed by atoms with Gasteiger partial charge < -0.3 is 4.42 Å². The van der Waals surface area contributed by atoms with Gasteiger partial charge in [0.25, 0.3) is 0 Å². The third-order valence-corrected chi connectivity index (χ3v) is 12.7. The summed E-state index contributed by atoms with van der Waals surface area (Å²) in [5.74, 6) is 1.30. The number of benzene rings is 9. The maximum atomic E-state index is 6.52. The highest BCUT2D eigenvalue weighted by molar-refractivity contribution is 5.96. The zero-order valence-electron chi connectivity index (χ0n) is 34.8. The van der Waals surface area contributed by atoms with Crippen molar-refractivity contribution in [2.24, 2.45) is 0 Å². The third-order valence-electron chi connectivity index (χ3n) is 12.7. The molecule has 4 heteroatoms. The topological polar surface area (TPSA) is 51.8 Å². The Bertz CT molecular complexity index is 3460. The first kappa shape index (κ1) is 37.3. The number of hydrogen-bond donors (Lipinski definition) is 0. The van der Waals surface area contributed by atoms with Crippen molar-refractivity contribution in [2.45, 2.75) is 5.41 Å². The molecule has 0 N–H and O–H groups in total. The average Bonchev–Trinajstić information content (AvgIpc) is 3.95. The molecule has 2 aromatic heterocycles. The Morgan fingerprint density at radius 1 is 0.328 bits per heavy atom. The average molecular weight is 818 g/mol. The second-order valence-corrected chi connectivity index (χ2v) is 16.3. The lowest BCUT2D eigenvalue weighted by Crippen LogP contribution is -2.28. The normalized spacial score (nSPS) is 14.0. The van der Waals surface area contributed by atoms with Crippen molar-refractivity contribution in [3.05, 3.63) is 259 Å². The number of oxazole rings is 1. The minimum Gasteiger partial charge on any atom is -0.436 e. The maximum absolute atomic E-state index is 6.52. The predicted molar refractivity (Wildman–Crippen MR) is 260 cm³/mol. The molecular formula is C60H39N3O. The van der Waals surface area contributed by atoms with Crippen molar-refractivity contribution in [3.63, 3.8) is 0 Å². The fraction of sp³-hybridized carbons (Fsp3) is 0.0167. The van der Waals surface area contributed by atoms with Crippen LogP contribution in [-0.4, -0.2) is 15.0 Å². The molecule has 2 heterocycles. The molecule has 12 rings (SSSR count). The van der Waals surface area contributed by atoms with Gasteiger partial charge in [-0.25, -0.2) is 15.0 Å². The van der Waals surface area contributed by atoms with E-state index in [1.807, 2.05) is 42.5 Å².